The Morgan fingerprint density at radius 1 is 1.22 bits per heavy atom. The molecule has 1 unspecified atom stereocenters. The molecule has 0 aliphatic carbocycles. The zero-order valence-corrected chi connectivity index (χ0v) is 15.1. The number of carbonyl (C=O) groups is 2. The van der Waals surface area contributed by atoms with Crippen molar-refractivity contribution in [3.05, 3.63) is 69.2 Å². The monoisotopic (exact) mass is 389 g/mol. The largest absolute Gasteiger partial charge is 0.491 e. The van der Waals surface area contributed by atoms with E-state index in [4.69, 9.17) is 16.3 Å². The average Bonchev–Trinajstić information content (AvgIpc) is 2.86. The summed E-state index contributed by atoms with van der Waals surface area (Å²) in [5.41, 5.74) is -0.669. The number of urea groups is 1. The number of benzene rings is 2. The van der Waals surface area contributed by atoms with Crippen molar-refractivity contribution in [2.45, 2.75) is 12.5 Å². The third-order valence-corrected chi connectivity index (χ3v) is 4.56. The number of carbonyl (C=O) groups excluding carboxylic acids is 2. The van der Waals surface area contributed by atoms with Gasteiger partial charge in [-0.2, -0.15) is 0 Å². The third kappa shape index (κ3) is 3.70. The number of non-ortho nitro benzene ring substituents is 1. The molecule has 1 N–H and O–H groups in total. The van der Waals surface area contributed by atoms with Crippen LogP contribution in [-0.4, -0.2) is 34.9 Å². The van der Waals surface area contributed by atoms with Gasteiger partial charge in [0.15, 0.2) is 0 Å². The van der Waals surface area contributed by atoms with Gasteiger partial charge in [-0.3, -0.25) is 19.8 Å². The summed E-state index contributed by atoms with van der Waals surface area (Å²) in [5, 5.41) is 14.0. The Bertz CT molecular complexity index is 902. The Balaban J connectivity index is 1.66. The van der Waals surface area contributed by atoms with Gasteiger partial charge in [0.25, 0.3) is 11.6 Å². The minimum Gasteiger partial charge on any atom is -0.491 e. The maximum absolute atomic E-state index is 12.8. The minimum atomic E-state index is -1.19. The van der Waals surface area contributed by atoms with E-state index in [0.29, 0.717) is 10.6 Å². The Kier molecular flexibility index (Phi) is 5.00. The van der Waals surface area contributed by atoms with Gasteiger partial charge >= 0.3 is 6.03 Å². The van der Waals surface area contributed by atoms with Crippen molar-refractivity contribution in [2.75, 3.05) is 13.2 Å². The number of hydrogen-bond acceptors (Lipinski definition) is 5. The first-order valence-electron chi connectivity index (χ1n) is 8.08. The van der Waals surface area contributed by atoms with Crippen LogP contribution in [-0.2, 0) is 10.3 Å². The average molecular weight is 390 g/mol. The van der Waals surface area contributed by atoms with Gasteiger partial charge in [-0.25, -0.2) is 4.79 Å². The molecule has 0 saturated carbocycles. The predicted octanol–water partition coefficient (Wildman–Crippen LogP) is 3.09. The molecule has 3 amide bonds. The first-order valence-corrected chi connectivity index (χ1v) is 8.46. The predicted molar refractivity (Wildman–Crippen MR) is 97.6 cm³/mol. The van der Waals surface area contributed by atoms with Crippen molar-refractivity contribution in [3.63, 3.8) is 0 Å². The van der Waals surface area contributed by atoms with Crippen LogP contribution >= 0.6 is 11.6 Å². The van der Waals surface area contributed by atoms with Crippen LogP contribution in [0.5, 0.6) is 5.75 Å². The molecular weight excluding hydrogens is 374 g/mol. The lowest BCUT2D eigenvalue weighted by molar-refractivity contribution is -0.384. The van der Waals surface area contributed by atoms with Gasteiger partial charge in [-0.1, -0.05) is 29.8 Å². The molecule has 2 aromatic rings. The fourth-order valence-electron chi connectivity index (χ4n) is 2.82. The number of halogens is 1. The van der Waals surface area contributed by atoms with Gasteiger partial charge in [0.2, 0.25) is 0 Å². The van der Waals surface area contributed by atoms with E-state index in [-0.39, 0.29) is 24.6 Å². The Labute approximate surface area is 159 Å². The van der Waals surface area contributed by atoms with Gasteiger partial charge in [-0.15, -0.1) is 0 Å². The highest BCUT2D eigenvalue weighted by Gasteiger charge is 2.48. The van der Waals surface area contributed by atoms with E-state index in [9.17, 15) is 19.7 Å². The fraction of sp³-hybridized carbons (Fsp3) is 0.222. The van der Waals surface area contributed by atoms with E-state index >= 15 is 0 Å². The molecule has 1 saturated heterocycles. The molecule has 1 heterocycles. The van der Waals surface area contributed by atoms with Crippen LogP contribution in [0.15, 0.2) is 48.5 Å². The van der Waals surface area contributed by atoms with Gasteiger partial charge < -0.3 is 10.1 Å². The molecule has 3 rings (SSSR count). The zero-order chi connectivity index (χ0) is 19.6. The summed E-state index contributed by atoms with van der Waals surface area (Å²) in [4.78, 5) is 36.3. The summed E-state index contributed by atoms with van der Waals surface area (Å²) in [6.45, 7) is 1.64. The molecule has 0 spiro atoms. The van der Waals surface area contributed by atoms with E-state index < -0.39 is 22.4 Å². The summed E-state index contributed by atoms with van der Waals surface area (Å²) in [6, 6.07) is 11.8. The Hall–Kier alpha value is -3.13. The molecule has 1 aliphatic heterocycles. The quantitative estimate of drug-likeness (QED) is 0.464. The van der Waals surface area contributed by atoms with Crippen molar-refractivity contribution < 1.29 is 19.2 Å². The van der Waals surface area contributed by atoms with Gasteiger partial charge in [0.05, 0.1) is 17.5 Å². The first kappa shape index (κ1) is 18.7. The summed E-state index contributed by atoms with van der Waals surface area (Å²) in [6.07, 6.45) is 0. The third-order valence-electron chi connectivity index (χ3n) is 4.31. The number of rotatable bonds is 6. The number of nitro benzene ring substituents is 1. The van der Waals surface area contributed by atoms with Crippen molar-refractivity contribution in [3.8, 4) is 5.75 Å². The molecule has 0 radical (unpaired) electrons. The maximum atomic E-state index is 12.8. The fourth-order valence-corrected chi connectivity index (χ4v) is 2.95. The molecule has 9 heteroatoms. The molecule has 1 fully saturated rings. The summed E-state index contributed by atoms with van der Waals surface area (Å²) < 4.78 is 5.45. The smallest absolute Gasteiger partial charge is 0.325 e. The number of imide groups is 1. The molecular formula is C18H16ClN3O5. The number of nitrogens with one attached hydrogen (secondary N) is 1. The second-order valence-electron chi connectivity index (χ2n) is 6.12. The summed E-state index contributed by atoms with van der Waals surface area (Å²) in [7, 11) is 0. The highest BCUT2D eigenvalue weighted by molar-refractivity contribution is 6.30. The number of nitrogens with zero attached hydrogens (tertiary/aromatic N) is 2. The van der Waals surface area contributed by atoms with Crippen LogP contribution in [0.25, 0.3) is 0 Å². The van der Waals surface area contributed by atoms with Gasteiger partial charge in [0.1, 0.15) is 17.9 Å². The lowest BCUT2D eigenvalue weighted by Crippen LogP contribution is -2.41. The number of amides is 3. The zero-order valence-electron chi connectivity index (χ0n) is 14.3. The van der Waals surface area contributed by atoms with E-state index in [2.05, 4.69) is 5.32 Å². The lowest BCUT2D eigenvalue weighted by atomic mass is 9.92. The first-order chi connectivity index (χ1) is 12.8. The van der Waals surface area contributed by atoms with E-state index in [1.807, 2.05) is 0 Å². The van der Waals surface area contributed by atoms with Gasteiger partial charge in [-0.05, 0) is 30.7 Å². The molecule has 2 aromatic carbocycles. The van der Waals surface area contributed by atoms with Crippen LogP contribution in [0, 0.1) is 10.1 Å². The Morgan fingerprint density at radius 3 is 2.59 bits per heavy atom. The molecule has 8 nitrogen and oxygen atoms in total. The highest BCUT2D eigenvalue weighted by Crippen LogP contribution is 2.29. The van der Waals surface area contributed by atoms with Crippen LogP contribution < -0.4 is 10.1 Å². The molecule has 140 valence electrons. The molecule has 0 aromatic heterocycles. The van der Waals surface area contributed by atoms with Crippen molar-refractivity contribution in [1.29, 1.82) is 0 Å². The van der Waals surface area contributed by atoms with E-state index in [1.54, 1.807) is 37.3 Å². The lowest BCUT2D eigenvalue weighted by Gasteiger charge is -2.22. The minimum absolute atomic E-state index is 0.0105. The molecule has 1 atom stereocenters. The van der Waals surface area contributed by atoms with E-state index in [0.717, 1.165) is 4.90 Å². The topological polar surface area (TPSA) is 102 Å². The molecule has 1 aliphatic rings. The molecule has 0 bridgehead atoms. The maximum Gasteiger partial charge on any atom is 0.325 e. The van der Waals surface area contributed by atoms with Crippen molar-refractivity contribution >= 4 is 29.2 Å². The van der Waals surface area contributed by atoms with E-state index in [1.165, 1.54) is 18.2 Å². The number of hydrogen-bond donors (Lipinski definition) is 1. The van der Waals surface area contributed by atoms with Crippen LogP contribution in [0.3, 0.4) is 0 Å². The number of nitro groups is 1. The van der Waals surface area contributed by atoms with Crippen LogP contribution in [0.1, 0.15) is 12.5 Å². The SMILES string of the molecule is CC1(c2ccc(Cl)cc2)NC(=O)N(CCOc2cccc([N+](=O)[O-])c2)C1=O. The second-order valence-corrected chi connectivity index (χ2v) is 6.56. The highest BCUT2D eigenvalue weighted by atomic mass is 35.5. The number of ether oxygens (including phenoxy) is 1. The second kappa shape index (κ2) is 7.24. The van der Waals surface area contributed by atoms with Crippen molar-refractivity contribution in [1.82, 2.24) is 10.2 Å². The standard InChI is InChI=1S/C18H16ClN3O5/c1-18(12-5-7-13(19)8-6-12)16(23)21(17(24)20-18)9-10-27-15-4-2-3-14(11-15)22(25)26/h2-8,11H,9-10H2,1H3,(H,20,24). The summed E-state index contributed by atoms with van der Waals surface area (Å²) >= 11 is 5.87. The summed E-state index contributed by atoms with van der Waals surface area (Å²) in [5.74, 6) is -0.116. The normalized spacial score (nSPS) is 19.1. The van der Waals surface area contributed by atoms with Crippen molar-refractivity contribution in [2.24, 2.45) is 0 Å². The van der Waals surface area contributed by atoms with Crippen LogP contribution in [0.4, 0.5) is 10.5 Å². The molecule has 27 heavy (non-hydrogen) atoms. The van der Waals surface area contributed by atoms with Gasteiger partial charge in [0, 0.05) is 11.1 Å². The van der Waals surface area contributed by atoms with Crippen LogP contribution in [0.2, 0.25) is 5.02 Å². The Morgan fingerprint density at radius 2 is 1.93 bits per heavy atom.